The van der Waals surface area contributed by atoms with Crippen LogP contribution in [-0.4, -0.2) is 39.5 Å². The molecule has 1 heterocycles. The number of ether oxygens (including phenoxy) is 1. The van der Waals surface area contributed by atoms with E-state index < -0.39 is 18.0 Å². The van der Waals surface area contributed by atoms with E-state index in [1.807, 2.05) is 0 Å². The van der Waals surface area contributed by atoms with Crippen molar-refractivity contribution in [3.63, 3.8) is 0 Å². The quantitative estimate of drug-likeness (QED) is 0.338. The largest absolute Gasteiger partial charge is 0.449 e. The molecule has 0 aliphatic heterocycles. The van der Waals surface area contributed by atoms with E-state index >= 15 is 0 Å². The Labute approximate surface area is 211 Å². The molecule has 0 saturated heterocycles. The Bertz CT molecular complexity index is 1550. The SMILES string of the molecule is C[C@@H](OC(=O)c1cccc(Nc2ncccn2)c1)C(=O)Nc1ccc2c(c1)C(=O)c1ccccc1C2=O. The fourth-order valence-electron chi connectivity index (χ4n) is 3.92. The monoisotopic (exact) mass is 492 g/mol. The van der Waals surface area contributed by atoms with Gasteiger partial charge in [-0.1, -0.05) is 30.3 Å². The van der Waals surface area contributed by atoms with Crippen LogP contribution in [-0.2, 0) is 9.53 Å². The molecule has 0 radical (unpaired) electrons. The first-order valence-electron chi connectivity index (χ1n) is 11.4. The van der Waals surface area contributed by atoms with Gasteiger partial charge >= 0.3 is 5.97 Å². The van der Waals surface area contributed by atoms with Crippen molar-refractivity contribution in [2.24, 2.45) is 0 Å². The van der Waals surface area contributed by atoms with Gasteiger partial charge in [-0.3, -0.25) is 14.4 Å². The molecule has 9 nitrogen and oxygen atoms in total. The summed E-state index contributed by atoms with van der Waals surface area (Å²) in [7, 11) is 0. The number of hydrogen-bond donors (Lipinski definition) is 2. The summed E-state index contributed by atoms with van der Waals surface area (Å²) in [5, 5.41) is 5.63. The van der Waals surface area contributed by atoms with Crippen LogP contribution in [0.25, 0.3) is 0 Å². The van der Waals surface area contributed by atoms with Crippen molar-refractivity contribution in [3.05, 3.63) is 113 Å². The Morgan fingerprint density at radius 3 is 2.16 bits per heavy atom. The molecule has 1 atom stereocenters. The number of ketones is 2. The number of carbonyl (C=O) groups is 4. The van der Waals surface area contributed by atoms with E-state index in [2.05, 4.69) is 20.6 Å². The molecule has 3 aromatic carbocycles. The van der Waals surface area contributed by atoms with Gasteiger partial charge in [-0.05, 0) is 49.4 Å². The minimum Gasteiger partial charge on any atom is -0.449 e. The number of esters is 1. The number of rotatable bonds is 6. The molecule has 0 saturated carbocycles. The van der Waals surface area contributed by atoms with Crippen LogP contribution in [0.4, 0.5) is 17.3 Å². The highest BCUT2D eigenvalue weighted by Gasteiger charge is 2.29. The van der Waals surface area contributed by atoms with Gasteiger partial charge in [-0.2, -0.15) is 0 Å². The lowest BCUT2D eigenvalue weighted by molar-refractivity contribution is -0.123. The predicted molar refractivity (Wildman–Crippen MR) is 135 cm³/mol. The molecular formula is C28H20N4O5. The number of amides is 1. The lowest BCUT2D eigenvalue weighted by atomic mass is 9.84. The van der Waals surface area contributed by atoms with Gasteiger partial charge in [0.2, 0.25) is 5.95 Å². The topological polar surface area (TPSA) is 127 Å². The zero-order chi connectivity index (χ0) is 25.9. The normalized spacial score (nSPS) is 12.7. The number of aromatic nitrogens is 2. The third-order valence-corrected chi connectivity index (χ3v) is 5.77. The Balaban J connectivity index is 1.26. The number of nitrogens with one attached hydrogen (secondary N) is 2. The van der Waals surface area contributed by atoms with Crippen LogP contribution in [0.3, 0.4) is 0 Å². The van der Waals surface area contributed by atoms with E-state index in [0.29, 0.717) is 28.5 Å². The maximum atomic E-state index is 12.9. The van der Waals surface area contributed by atoms with Gasteiger partial charge in [-0.15, -0.1) is 0 Å². The summed E-state index contributed by atoms with van der Waals surface area (Å²) >= 11 is 0. The number of nitrogens with zero attached hydrogens (tertiary/aromatic N) is 2. The predicted octanol–water partition coefficient (Wildman–Crippen LogP) is 4.18. The molecule has 9 heteroatoms. The van der Waals surface area contributed by atoms with Crippen molar-refractivity contribution in [3.8, 4) is 0 Å². The van der Waals surface area contributed by atoms with E-state index in [0.717, 1.165) is 0 Å². The Morgan fingerprint density at radius 1 is 0.757 bits per heavy atom. The van der Waals surface area contributed by atoms with E-state index in [1.165, 1.54) is 25.1 Å². The average molecular weight is 492 g/mol. The summed E-state index contributed by atoms with van der Waals surface area (Å²) in [5.74, 6) is -1.45. The van der Waals surface area contributed by atoms with Gasteiger partial charge in [0, 0.05) is 46.0 Å². The molecule has 5 rings (SSSR count). The molecule has 1 aromatic heterocycles. The average Bonchev–Trinajstić information content (AvgIpc) is 2.92. The fraction of sp³-hybridized carbons (Fsp3) is 0.0714. The van der Waals surface area contributed by atoms with Gasteiger partial charge in [0.25, 0.3) is 5.91 Å². The summed E-state index contributed by atoms with van der Waals surface area (Å²) in [6.07, 6.45) is 2.04. The van der Waals surface area contributed by atoms with E-state index in [1.54, 1.807) is 67.0 Å². The molecule has 0 fully saturated rings. The Kier molecular flexibility index (Phi) is 6.25. The molecule has 1 amide bonds. The molecule has 2 N–H and O–H groups in total. The second kappa shape index (κ2) is 9.82. The van der Waals surface area contributed by atoms with Crippen molar-refractivity contribution in [1.82, 2.24) is 9.97 Å². The lowest BCUT2D eigenvalue weighted by Gasteiger charge is -2.19. The standard InChI is InChI=1S/C28H20N4O5/c1-16(37-27(36)17-6-4-7-18(14-17)32-28-29-12-5-13-30-28)26(35)31-19-10-11-22-23(15-19)25(34)21-9-3-2-8-20(21)24(22)33/h2-16H,1H3,(H,31,35)(H,29,30,32)/t16-/m1/s1. The highest BCUT2D eigenvalue weighted by molar-refractivity contribution is 6.28. The van der Waals surface area contributed by atoms with Gasteiger partial charge in [-0.25, -0.2) is 14.8 Å². The first-order valence-corrected chi connectivity index (χ1v) is 11.4. The van der Waals surface area contributed by atoms with Gasteiger partial charge < -0.3 is 15.4 Å². The van der Waals surface area contributed by atoms with Crippen LogP contribution in [0.15, 0.2) is 85.2 Å². The van der Waals surface area contributed by atoms with Crippen molar-refractivity contribution in [1.29, 1.82) is 0 Å². The van der Waals surface area contributed by atoms with Gasteiger partial charge in [0.05, 0.1) is 5.56 Å². The molecule has 0 bridgehead atoms. The van der Waals surface area contributed by atoms with E-state index in [9.17, 15) is 19.2 Å². The van der Waals surface area contributed by atoms with Crippen LogP contribution < -0.4 is 10.6 Å². The van der Waals surface area contributed by atoms with E-state index in [4.69, 9.17) is 4.74 Å². The fourth-order valence-corrected chi connectivity index (χ4v) is 3.92. The molecule has 1 aliphatic carbocycles. The highest BCUT2D eigenvalue weighted by Crippen LogP contribution is 2.29. The number of anilines is 3. The lowest BCUT2D eigenvalue weighted by Crippen LogP contribution is -2.30. The van der Waals surface area contributed by atoms with E-state index in [-0.39, 0.29) is 28.3 Å². The first-order chi connectivity index (χ1) is 17.9. The number of hydrogen-bond acceptors (Lipinski definition) is 8. The minimum absolute atomic E-state index is 0.206. The third kappa shape index (κ3) is 4.83. The molecule has 0 spiro atoms. The Morgan fingerprint density at radius 2 is 1.43 bits per heavy atom. The summed E-state index contributed by atoms with van der Waals surface area (Å²) in [5.41, 5.74) is 2.27. The zero-order valence-electron chi connectivity index (χ0n) is 19.6. The van der Waals surface area contributed by atoms with Crippen molar-refractivity contribution in [2.45, 2.75) is 13.0 Å². The maximum absolute atomic E-state index is 12.9. The zero-order valence-corrected chi connectivity index (χ0v) is 19.6. The first kappa shape index (κ1) is 23.6. The van der Waals surface area contributed by atoms with Crippen LogP contribution in [0.2, 0.25) is 0 Å². The summed E-state index contributed by atoms with van der Waals surface area (Å²) < 4.78 is 5.34. The summed E-state index contributed by atoms with van der Waals surface area (Å²) in [6.45, 7) is 1.44. The molecule has 182 valence electrons. The Hall–Kier alpha value is -5.18. The second-order valence-corrected chi connectivity index (χ2v) is 8.28. The third-order valence-electron chi connectivity index (χ3n) is 5.77. The van der Waals surface area contributed by atoms with Crippen LogP contribution >= 0.6 is 0 Å². The van der Waals surface area contributed by atoms with Crippen LogP contribution in [0.5, 0.6) is 0 Å². The molecule has 4 aromatic rings. The smallest absolute Gasteiger partial charge is 0.338 e. The molecule has 1 aliphatic rings. The minimum atomic E-state index is -1.13. The molecule has 37 heavy (non-hydrogen) atoms. The summed E-state index contributed by atoms with van der Waals surface area (Å²) in [4.78, 5) is 59.2. The molecule has 0 unspecified atom stereocenters. The van der Waals surface area contributed by atoms with Crippen molar-refractivity contribution < 1.29 is 23.9 Å². The number of fused-ring (bicyclic) bond motifs is 2. The second-order valence-electron chi connectivity index (χ2n) is 8.28. The summed E-state index contributed by atoms with van der Waals surface area (Å²) in [6, 6.07) is 19.3. The highest BCUT2D eigenvalue weighted by atomic mass is 16.5. The van der Waals surface area contributed by atoms with Crippen molar-refractivity contribution >= 4 is 40.8 Å². The van der Waals surface area contributed by atoms with Crippen LogP contribution in [0.1, 0.15) is 49.1 Å². The van der Waals surface area contributed by atoms with Gasteiger partial charge in [0.1, 0.15) is 0 Å². The van der Waals surface area contributed by atoms with Gasteiger partial charge in [0.15, 0.2) is 17.7 Å². The maximum Gasteiger partial charge on any atom is 0.338 e. The van der Waals surface area contributed by atoms with Crippen molar-refractivity contribution in [2.75, 3.05) is 10.6 Å². The molecular weight excluding hydrogens is 472 g/mol. The number of benzene rings is 3. The van der Waals surface area contributed by atoms with Crippen LogP contribution in [0, 0.1) is 0 Å². The number of carbonyl (C=O) groups excluding carboxylic acids is 4.